The number of amides is 1. The molecule has 1 aromatic carbocycles. The molecule has 4 heteroatoms. The molecular formula is C13H18N2O2. The van der Waals surface area contributed by atoms with Crippen molar-refractivity contribution in [2.75, 3.05) is 5.73 Å². The van der Waals surface area contributed by atoms with Crippen molar-refractivity contribution in [3.8, 4) is 5.75 Å². The lowest BCUT2D eigenvalue weighted by Crippen LogP contribution is -2.29. The zero-order chi connectivity index (χ0) is 12.4. The van der Waals surface area contributed by atoms with Gasteiger partial charge in [-0.15, -0.1) is 0 Å². The van der Waals surface area contributed by atoms with Gasteiger partial charge in [-0.05, 0) is 37.0 Å². The van der Waals surface area contributed by atoms with E-state index in [0.717, 1.165) is 12.8 Å². The van der Waals surface area contributed by atoms with E-state index < -0.39 is 0 Å². The van der Waals surface area contributed by atoms with Gasteiger partial charge in [-0.1, -0.05) is 6.92 Å². The quantitative estimate of drug-likeness (QED) is 0.547. The maximum atomic E-state index is 11.8. The number of rotatable bonds is 4. The van der Waals surface area contributed by atoms with Gasteiger partial charge in [-0.2, -0.15) is 0 Å². The molecule has 0 aliphatic heterocycles. The van der Waals surface area contributed by atoms with E-state index in [-0.39, 0.29) is 17.6 Å². The number of phenols is 1. The van der Waals surface area contributed by atoms with Crippen molar-refractivity contribution in [3.63, 3.8) is 0 Å². The molecule has 1 aromatic rings. The monoisotopic (exact) mass is 234 g/mol. The summed E-state index contributed by atoms with van der Waals surface area (Å²) >= 11 is 0. The Bertz CT molecular complexity index is 427. The smallest absolute Gasteiger partial charge is 0.223 e. The molecule has 0 heterocycles. The molecule has 1 atom stereocenters. The highest BCUT2D eigenvalue weighted by molar-refractivity contribution is 5.79. The van der Waals surface area contributed by atoms with E-state index >= 15 is 0 Å². The zero-order valence-electron chi connectivity index (χ0n) is 9.94. The number of carbonyl (C=O) groups is 1. The third-order valence-electron chi connectivity index (χ3n) is 3.30. The first kappa shape index (κ1) is 11.8. The van der Waals surface area contributed by atoms with Gasteiger partial charge in [0.05, 0.1) is 0 Å². The summed E-state index contributed by atoms with van der Waals surface area (Å²) in [6.45, 7) is 2.28. The van der Waals surface area contributed by atoms with E-state index in [2.05, 4.69) is 5.32 Å². The topological polar surface area (TPSA) is 75.4 Å². The molecule has 4 N–H and O–H groups in total. The van der Waals surface area contributed by atoms with E-state index in [9.17, 15) is 9.90 Å². The molecule has 1 aliphatic rings. The van der Waals surface area contributed by atoms with Gasteiger partial charge in [0.2, 0.25) is 5.91 Å². The first-order valence-corrected chi connectivity index (χ1v) is 5.93. The second-order valence-electron chi connectivity index (χ2n) is 4.73. The summed E-state index contributed by atoms with van der Waals surface area (Å²) in [6, 6.07) is 4.85. The number of nitrogens with two attached hydrogens (primary N) is 1. The minimum Gasteiger partial charge on any atom is -0.508 e. The molecule has 1 amide bonds. The fourth-order valence-electron chi connectivity index (χ4n) is 1.90. The van der Waals surface area contributed by atoms with Crippen LogP contribution < -0.4 is 11.1 Å². The van der Waals surface area contributed by atoms with E-state index in [1.54, 1.807) is 18.2 Å². The molecule has 2 rings (SSSR count). The summed E-state index contributed by atoms with van der Waals surface area (Å²) in [4.78, 5) is 11.8. The minimum absolute atomic E-state index is 0.0503. The lowest BCUT2D eigenvalue weighted by Gasteiger charge is -2.12. The van der Waals surface area contributed by atoms with Crippen molar-refractivity contribution in [1.82, 2.24) is 5.32 Å². The third-order valence-corrected chi connectivity index (χ3v) is 3.30. The standard InChI is InChI=1S/C13H18N2O2/c1-8(9-2-3-9)13(17)15-7-10-6-11(14)4-5-12(10)16/h4-6,8-9,16H,2-3,7,14H2,1H3,(H,15,17). The van der Waals surface area contributed by atoms with E-state index in [4.69, 9.17) is 5.73 Å². The molecule has 17 heavy (non-hydrogen) atoms. The summed E-state index contributed by atoms with van der Waals surface area (Å²) in [5.41, 5.74) is 6.87. The van der Waals surface area contributed by atoms with Crippen LogP contribution in [0.2, 0.25) is 0 Å². The predicted octanol–water partition coefficient (Wildman–Crippen LogP) is 1.64. The van der Waals surface area contributed by atoms with Crippen molar-refractivity contribution < 1.29 is 9.90 Å². The van der Waals surface area contributed by atoms with Crippen molar-refractivity contribution in [2.24, 2.45) is 11.8 Å². The van der Waals surface area contributed by atoms with E-state index in [1.807, 2.05) is 6.92 Å². The number of hydrogen-bond donors (Lipinski definition) is 3. The summed E-state index contributed by atoms with van der Waals surface area (Å²) in [5, 5.41) is 12.4. The normalized spacial score (nSPS) is 16.5. The highest BCUT2D eigenvalue weighted by atomic mass is 16.3. The Kier molecular flexibility index (Phi) is 3.22. The molecular weight excluding hydrogens is 216 g/mol. The molecule has 0 saturated heterocycles. The summed E-state index contributed by atoms with van der Waals surface area (Å²) in [7, 11) is 0. The van der Waals surface area contributed by atoms with Crippen LogP contribution in [0, 0.1) is 11.8 Å². The van der Waals surface area contributed by atoms with Crippen LogP contribution in [0.1, 0.15) is 25.3 Å². The molecule has 0 radical (unpaired) electrons. The van der Waals surface area contributed by atoms with Gasteiger partial charge in [-0.25, -0.2) is 0 Å². The average molecular weight is 234 g/mol. The van der Waals surface area contributed by atoms with Crippen LogP contribution in [-0.2, 0) is 11.3 Å². The van der Waals surface area contributed by atoms with Crippen LogP contribution in [0.3, 0.4) is 0 Å². The van der Waals surface area contributed by atoms with E-state index in [0.29, 0.717) is 23.7 Å². The van der Waals surface area contributed by atoms with Gasteiger partial charge in [-0.3, -0.25) is 4.79 Å². The molecule has 1 aliphatic carbocycles. The van der Waals surface area contributed by atoms with Crippen molar-refractivity contribution >= 4 is 11.6 Å². The minimum atomic E-state index is 0.0503. The number of phenolic OH excluding ortho intramolecular Hbond substituents is 1. The maximum Gasteiger partial charge on any atom is 0.223 e. The van der Waals surface area contributed by atoms with E-state index in [1.165, 1.54) is 0 Å². The second-order valence-corrected chi connectivity index (χ2v) is 4.73. The number of anilines is 1. The van der Waals surface area contributed by atoms with Crippen LogP contribution in [0.25, 0.3) is 0 Å². The van der Waals surface area contributed by atoms with Crippen LogP contribution in [-0.4, -0.2) is 11.0 Å². The van der Waals surface area contributed by atoms with Crippen LogP contribution in [0.5, 0.6) is 5.75 Å². The molecule has 1 unspecified atom stereocenters. The Morgan fingerprint density at radius 2 is 2.29 bits per heavy atom. The maximum absolute atomic E-state index is 11.8. The Morgan fingerprint density at radius 3 is 2.94 bits per heavy atom. The summed E-state index contributed by atoms with van der Waals surface area (Å²) in [5.74, 6) is 0.829. The average Bonchev–Trinajstić information content (AvgIpc) is 3.13. The Balaban J connectivity index is 1.92. The fourth-order valence-corrected chi connectivity index (χ4v) is 1.90. The lowest BCUT2D eigenvalue weighted by atomic mass is 10.1. The first-order chi connectivity index (χ1) is 8.08. The second kappa shape index (κ2) is 4.65. The van der Waals surface area contributed by atoms with Gasteiger partial charge in [0, 0.05) is 23.7 Å². The van der Waals surface area contributed by atoms with Crippen molar-refractivity contribution in [2.45, 2.75) is 26.3 Å². The Labute approximate surface area is 101 Å². The first-order valence-electron chi connectivity index (χ1n) is 5.93. The number of aromatic hydroxyl groups is 1. The van der Waals surface area contributed by atoms with Crippen LogP contribution in [0.15, 0.2) is 18.2 Å². The SMILES string of the molecule is CC(C(=O)NCc1cc(N)ccc1O)C1CC1. The van der Waals surface area contributed by atoms with Gasteiger partial charge in [0.15, 0.2) is 0 Å². The van der Waals surface area contributed by atoms with Gasteiger partial charge in [0.1, 0.15) is 5.75 Å². The number of carbonyl (C=O) groups excluding carboxylic acids is 1. The molecule has 0 spiro atoms. The molecule has 4 nitrogen and oxygen atoms in total. The molecule has 1 fully saturated rings. The van der Waals surface area contributed by atoms with Crippen molar-refractivity contribution in [3.05, 3.63) is 23.8 Å². The zero-order valence-corrected chi connectivity index (χ0v) is 9.94. The van der Waals surface area contributed by atoms with Crippen molar-refractivity contribution in [1.29, 1.82) is 0 Å². The highest BCUT2D eigenvalue weighted by Crippen LogP contribution is 2.36. The molecule has 0 bridgehead atoms. The number of nitrogen functional groups attached to an aromatic ring is 1. The van der Waals surface area contributed by atoms with Crippen LogP contribution >= 0.6 is 0 Å². The van der Waals surface area contributed by atoms with Gasteiger partial charge < -0.3 is 16.2 Å². The largest absolute Gasteiger partial charge is 0.508 e. The number of nitrogens with one attached hydrogen (secondary N) is 1. The van der Waals surface area contributed by atoms with Crippen LogP contribution in [0.4, 0.5) is 5.69 Å². The summed E-state index contributed by atoms with van der Waals surface area (Å²) in [6.07, 6.45) is 2.30. The van der Waals surface area contributed by atoms with Gasteiger partial charge in [0.25, 0.3) is 0 Å². The third kappa shape index (κ3) is 2.90. The Hall–Kier alpha value is -1.71. The summed E-state index contributed by atoms with van der Waals surface area (Å²) < 4.78 is 0. The number of hydrogen-bond acceptors (Lipinski definition) is 3. The molecule has 0 aromatic heterocycles. The Morgan fingerprint density at radius 1 is 1.59 bits per heavy atom. The fraction of sp³-hybridized carbons (Fsp3) is 0.462. The lowest BCUT2D eigenvalue weighted by molar-refractivity contribution is -0.125. The number of benzene rings is 1. The highest BCUT2D eigenvalue weighted by Gasteiger charge is 2.32. The predicted molar refractivity (Wildman–Crippen MR) is 66.3 cm³/mol. The van der Waals surface area contributed by atoms with Gasteiger partial charge >= 0.3 is 0 Å². The molecule has 1 saturated carbocycles. The molecule has 92 valence electrons.